The van der Waals surface area contributed by atoms with Gasteiger partial charge in [0.2, 0.25) is 5.89 Å². The highest BCUT2D eigenvalue weighted by molar-refractivity contribution is 7.80. The van der Waals surface area contributed by atoms with Crippen LogP contribution in [0.25, 0.3) is 11.7 Å². The summed E-state index contributed by atoms with van der Waals surface area (Å²) in [5, 5.41) is 8.51. The number of hydrogen-bond donors (Lipinski definition) is 1. The topological polar surface area (TPSA) is 139 Å². The molecule has 0 spiro atoms. The molecule has 0 unspecified atom stereocenters. The zero-order chi connectivity index (χ0) is 16.9. The van der Waals surface area contributed by atoms with E-state index in [1.165, 1.54) is 11.2 Å². The maximum absolute atomic E-state index is 12.3. The van der Waals surface area contributed by atoms with E-state index in [4.69, 9.17) is 13.4 Å². The number of furan rings is 1. The Morgan fingerprint density at radius 2 is 2.17 bits per heavy atom. The number of amides is 2. The van der Waals surface area contributed by atoms with Gasteiger partial charge in [-0.2, -0.15) is 13.5 Å². The lowest BCUT2D eigenvalue weighted by atomic mass is 10.0. The monoisotopic (exact) mass is 356 g/mol. The SMILES string of the molecule is O=C1N2C[C@@H](CC[C@@H]2c2nnc(-c3ccco3)o2)N1OS(=O)(=O)O. The highest BCUT2D eigenvalue weighted by Gasteiger charge is 2.49. The summed E-state index contributed by atoms with van der Waals surface area (Å²) in [6, 6.07) is 1.69. The Labute approximate surface area is 135 Å². The second-order valence-electron chi connectivity index (χ2n) is 5.43. The van der Waals surface area contributed by atoms with Crippen LogP contribution < -0.4 is 0 Å². The molecule has 2 aromatic heterocycles. The van der Waals surface area contributed by atoms with Crippen molar-refractivity contribution in [3.63, 3.8) is 0 Å². The van der Waals surface area contributed by atoms with Gasteiger partial charge in [0.25, 0.3) is 5.89 Å². The van der Waals surface area contributed by atoms with Crippen molar-refractivity contribution in [1.82, 2.24) is 20.2 Å². The van der Waals surface area contributed by atoms with Crippen molar-refractivity contribution in [1.29, 1.82) is 0 Å². The Morgan fingerprint density at radius 1 is 1.33 bits per heavy atom. The van der Waals surface area contributed by atoms with Crippen LogP contribution in [0, 0.1) is 0 Å². The van der Waals surface area contributed by atoms with E-state index in [-0.39, 0.29) is 18.3 Å². The molecule has 2 bridgehead atoms. The van der Waals surface area contributed by atoms with Crippen LogP contribution in [0.1, 0.15) is 24.8 Å². The molecule has 0 radical (unpaired) electrons. The second-order valence-corrected chi connectivity index (χ2v) is 6.44. The van der Waals surface area contributed by atoms with Crippen molar-refractivity contribution in [3.05, 3.63) is 24.3 Å². The molecule has 128 valence electrons. The predicted octanol–water partition coefficient (Wildman–Crippen LogP) is 1.01. The number of hydrogen-bond acceptors (Lipinski definition) is 8. The Bertz CT molecular complexity index is 862. The third-order valence-corrected chi connectivity index (χ3v) is 4.30. The molecule has 2 atom stereocenters. The minimum absolute atomic E-state index is 0.190. The molecule has 12 heteroatoms. The molecular formula is C12H12N4O7S. The van der Waals surface area contributed by atoms with Gasteiger partial charge in [0, 0.05) is 6.54 Å². The molecular weight excluding hydrogens is 344 g/mol. The molecule has 24 heavy (non-hydrogen) atoms. The fourth-order valence-electron chi connectivity index (χ4n) is 2.96. The first kappa shape index (κ1) is 15.1. The highest BCUT2D eigenvalue weighted by Crippen LogP contribution is 2.38. The van der Waals surface area contributed by atoms with Crippen molar-refractivity contribution in [2.45, 2.75) is 24.9 Å². The first-order chi connectivity index (χ1) is 11.4. The lowest BCUT2D eigenvalue weighted by Gasteiger charge is -2.27. The van der Waals surface area contributed by atoms with Crippen LogP contribution in [-0.2, 0) is 14.7 Å². The maximum Gasteiger partial charge on any atom is 0.418 e. The van der Waals surface area contributed by atoms with E-state index in [2.05, 4.69) is 14.5 Å². The zero-order valence-corrected chi connectivity index (χ0v) is 12.9. The third kappa shape index (κ3) is 2.53. The molecule has 2 aliphatic rings. The molecule has 0 saturated carbocycles. The number of fused-ring (bicyclic) bond motifs is 2. The summed E-state index contributed by atoms with van der Waals surface area (Å²) in [4.78, 5) is 13.7. The van der Waals surface area contributed by atoms with Gasteiger partial charge in [-0.1, -0.05) is 0 Å². The Balaban J connectivity index is 1.58. The average molecular weight is 356 g/mol. The highest BCUT2D eigenvalue weighted by atomic mass is 32.3. The summed E-state index contributed by atoms with van der Waals surface area (Å²) in [5.74, 6) is 0.822. The number of hydroxylamine groups is 2. The number of piperidine rings is 1. The molecule has 2 aromatic rings. The first-order valence-corrected chi connectivity index (χ1v) is 8.43. The minimum Gasteiger partial charge on any atom is -0.459 e. The van der Waals surface area contributed by atoms with E-state index >= 15 is 0 Å². The van der Waals surface area contributed by atoms with Crippen molar-refractivity contribution < 1.29 is 30.9 Å². The summed E-state index contributed by atoms with van der Waals surface area (Å²) in [6.07, 6.45) is 2.42. The molecule has 1 N–H and O–H groups in total. The van der Waals surface area contributed by atoms with Crippen LogP contribution in [0.3, 0.4) is 0 Å². The fourth-order valence-corrected chi connectivity index (χ4v) is 3.35. The average Bonchev–Trinajstić information content (AvgIpc) is 3.24. The predicted molar refractivity (Wildman–Crippen MR) is 74.3 cm³/mol. The Hall–Kier alpha value is -2.44. The van der Waals surface area contributed by atoms with Gasteiger partial charge in [-0.25, -0.2) is 4.79 Å². The molecule has 0 aliphatic carbocycles. The summed E-state index contributed by atoms with van der Waals surface area (Å²) < 4.78 is 45.7. The van der Waals surface area contributed by atoms with Crippen LogP contribution in [0.4, 0.5) is 4.79 Å². The van der Waals surface area contributed by atoms with Crippen LogP contribution >= 0.6 is 0 Å². The standard InChI is InChI=1S/C12H12N4O7S/c17-12-15-6-7(16(12)23-24(18,19)20)3-4-8(15)10-13-14-11(22-10)9-2-1-5-21-9/h1-2,5,7-8H,3-4,6H2,(H,18,19,20)/t7-,8-/m1/s1. The van der Waals surface area contributed by atoms with Crippen LogP contribution in [0.5, 0.6) is 0 Å². The number of urea groups is 1. The molecule has 2 amide bonds. The summed E-state index contributed by atoms with van der Waals surface area (Å²) >= 11 is 0. The molecule has 11 nitrogen and oxygen atoms in total. The van der Waals surface area contributed by atoms with Crippen molar-refractivity contribution >= 4 is 16.4 Å². The zero-order valence-electron chi connectivity index (χ0n) is 12.1. The molecule has 4 heterocycles. The van der Waals surface area contributed by atoms with Gasteiger partial charge in [0.1, 0.15) is 6.04 Å². The third-order valence-electron chi connectivity index (χ3n) is 3.96. The number of carbonyl (C=O) groups excluding carboxylic acids is 1. The van der Waals surface area contributed by atoms with E-state index in [0.717, 1.165) is 0 Å². The van der Waals surface area contributed by atoms with Crippen molar-refractivity contribution in [3.8, 4) is 11.7 Å². The van der Waals surface area contributed by atoms with Crippen molar-refractivity contribution in [2.75, 3.05) is 6.54 Å². The summed E-state index contributed by atoms with van der Waals surface area (Å²) in [5.41, 5.74) is 0. The maximum atomic E-state index is 12.3. The van der Waals surface area contributed by atoms with E-state index < -0.39 is 28.5 Å². The molecule has 2 saturated heterocycles. The van der Waals surface area contributed by atoms with E-state index in [9.17, 15) is 13.2 Å². The Morgan fingerprint density at radius 3 is 2.88 bits per heavy atom. The number of rotatable bonds is 4. The minimum atomic E-state index is -4.77. The molecule has 0 aromatic carbocycles. The van der Waals surface area contributed by atoms with Gasteiger partial charge in [-0.15, -0.1) is 14.5 Å². The fraction of sp³-hybridized carbons (Fsp3) is 0.417. The largest absolute Gasteiger partial charge is 0.459 e. The van der Waals surface area contributed by atoms with Gasteiger partial charge >= 0.3 is 16.4 Å². The quantitative estimate of drug-likeness (QED) is 0.795. The smallest absolute Gasteiger partial charge is 0.418 e. The van der Waals surface area contributed by atoms with Crippen molar-refractivity contribution in [2.24, 2.45) is 0 Å². The number of aromatic nitrogens is 2. The molecule has 2 aliphatic heterocycles. The molecule has 2 fully saturated rings. The lowest BCUT2D eigenvalue weighted by molar-refractivity contribution is -0.0317. The summed E-state index contributed by atoms with van der Waals surface area (Å²) in [6.45, 7) is 0.234. The van der Waals surface area contributed by atoms with Gasteiger partial charge < -0.3 is 13.7 Å². The second kappa shape index (κ2) is 5.29. The van der Waals surface area contributed by atoms with Gasteiger partial charge in [0.05, 0.1) is 12.3 Å². The normalized spacial score (nSPS) is 24.0. The van der Waals surface area contributed by atoms with Gasteiger partial charge in [-0.05, 0) is 25.0 Å². The first-order valence-electron chi connectivity index (χ1n) is 7.06. The summed E-state index contributed by atoms with van der Waals surface area (Å²) in [7, 11) is -4.77. The van der Waals surface area contributed by atoms with Crippen LogP contribution in [-0.4, -0.2) is 51.7 Å². The van der Waals surface area contributed by atoms with E-state index in [1.807, 2.05) is 0 Å². The Kier molecular flexibility index (Phi) is 3.33. The number of carbonyl (C=O) groups is 1. The van der Waals surface area contributed by atoms with Crippen LogP contribution in [0.15, 0.2) is 27.2 Å². The number of nitrogens with zero attached hydrogens (tertiary/aromatic N) is 4. The van der Waals surface area contributed by atoms with Crippen LogP contribution in [0.2, 0.25) is 0 Å². The van der Waals surface area contributed by atoms with E-state index in [0.29, 0.717) is 23.7 Å². The molecule has 4 rings (SSSR count). The van der Waals surface area contributed by atoms with Gasteiger partial charge in [-0.3, -0.25) is 4.55 Å². The van der Waals surface area contributed by atoms with E-state index in [1.54, 1.807) is 12.1 Å². The van der Waals surface area contributed by atoms with Gasteiger partial charge in [0.15, 0.2) is 5.76 Å². The lowest BCUT2D eigenvalue weighted by Crippen LogP contribution is -2.35.